The summed E-state index contributed by atoms with van der Waals surface area (Å²) in [5, 5.41) is 4.31. The van der Waals surface area contributed by atoms with Crippen molar-refractivity contribution in [2.24, 2.45) is 5.73 Å². The van der Waals surface area contributed by atoms with Crippen molar-refractivity contribution in [3.8, 4) is 0 Å². The van der Waals surface area contributed by atoms with E-state index in [4.69, 9.17) is 10.5 Å². The normalized spacial score (nSPS) is 13.0. The van der Waals surface area contributed by atoms with Gasteiger partial charge in [0.05, 0.1) is 0 Å². The predicted molar refractivity (Wildman–Crippen MR) is 61.7 cm³/mol. The van der Waals surface area contributed by atoms with Gasteiger partial charge in [0, 0.05) is 19.8 Å². The molecule has 80 valence electrons. The van der Waals surface area contributed by atoms with Gasteiger partial charge >= 0.3 is 0 Å². The molecule has 1 aromatic rings. The molecule has 1 rings (SSSR count). The molecule has 0 saturated heterocycles. The second-order valence-corrected chi connectivity index (χ2v) is 4.35. The molecule has 1 heterocycles. The van der Waals surface area contributed by atoms with Crippen LogP contribution in [0, 0.1) is 0 Å². The number of rotatable bonds is 7. The van der Waals surface area contributed by atoms with Gasteiger partial charge in [-0.3, -0.25) is 0 Å². The SMILES string of the molecule is COCCCC(N)CCc1ccsc1. The summed E-state index contributed by atoms with van der Waals surface area (Å²) in [4.78, 5) is 0. The largest absolute Gasteiger partial charge is 0.385 e. The molecule has 0 fully saturated rings. The Bertz CT molecular complexity index is 223. The molecule has 1 atom stereocenters. The van der Waals surface area contributed by atoms with E-state index in [9.17, 15) is 0 Å². The molecule has 1 unspecified atom stereocenters. The molecule has 0 amide bonds. The van der Waals surface area contributed by atoms with Crippen LogP contribution in [0.5, 0.6) is 0 Å². The number of aryl methyl sites for hydroxylation is 1. The lowest BCUT2D eigenvalue weighted by Crippen LogP contribution is -2.21. The highest BCUT2D eigenvalue weighted by Crippen LogP contribution is 2.10. The van der Waals surface area contributed by atoms with Gasteiger partial charge in [0.15, 0.2) is 0 Å². The Morgan fingerprint density at radius 3 is 3.00 bits per heavy atom. The molecule has 2 nitrogen and oxygen atoms in total. The molecule has 14 heavy (non-hydrogen) atoms. The van der Waals surface area contributed by atoms with Crippen LogP contribution < -0.4 is 5.73 Å². The molecule has 0 saturated carbocycles. The van der Waals surface area contributed by atoms with Crippen LogP contribution in [0.2, 0.25) is 0 Å². The molecule has 3 heteroatoms. The average Bonchev–Trinajstić information content (AvgIpc) is 2.68. The minimum Gasteiger partial charge on any atom is -0.385 e. The summed E-state index contributed by atoms with van der Waals surface area (Å²) in [6.07, 6.45) is 4.33. The van der Waals surface area contributed by atoms with E-state index in [-0.39, 0.29) is 0 Å². The van der Waals surface area contributed by atoms with E-state index in [1.807, 2.05) is 0 Å². The van der Waals surface area contributed by atoms with Crippen LogP contribution in [-0.4, -0.2) is 19.8 Å². The van der Waals surface area contributed by atoms with Crippen LogP contribution in [0.3, 0.4) is 0 Å². The van der Waals surface area contributed by atoms with Crippen molar-refractivity contribution in [2.75, 3.05) is 13.7 Å². The van der Waals surface area contributed by atoms with Gasteiger partial charge in [-0.2, -0.15) is 11.3 Å². The molecule has 0 aliphatic heterocycles. The van der Waals surface area contributed by atoms with Gasteiger partial charge in [-0.15, -0.1) is 0 Å². The van der Waals surface area contributed by atoms with E-state index >= 15 is 0 Å². The van der Waals surface area contributed by atoms with Crippen molar-refractivity contribution in [1.82, 2.24) is 0 Å². The number of hydrogen-bond donors (Lipinski definition) is 1. The summed E-state index contributed by atoms with van der Waals surface area (Å²) in [7, 11) is 1.73. The summed E-state index contributed by atoms with van der Waals surface area (Å²) in [6.45, 7) is 0.826. The predicted octanol–water partition coefficient (Wildman–Crippen LogP) is 2.43. The molecule has 2 N–H and O–H groups in total. The minimum atomic E-state index is 0.324. The third-order valence-corrected chi connectivity index (χ3v) is 3.04. The Kier molecular flexibility index (Phi) is 5.83. The van der Waals surface area contributed by atoms with Crippen molar-refractivity contribution >= 4 is 11.3 Å². The van der Waals surface area contributed by atoms with Gasteiger partial charge in [0.25, 0.3) is 0 Å². The van der Waals surface area contributed by atoms with Gasteiger partial charge < -0.3 is 10.5 Å². The Morgan fingerprint density at radius 2 is 2.36 bits per heavy atom. The van der Waals surface area contributed by atoms with Crippen LogP contribution in [0.1, 0.15) is 24.8 Å². The fourth-order valence-corrected chi connectivity index (χ4v) is 2.12. The molecule has 0 spiro atoms. The first-order valence-electron chi connectivity index (χ1n) is 5.08. The quantitative estimate of drug-likeness (QED) is 0.706. The number of ether oxygens (including phenoxy) is 1. The minimum absolute atomic E-state index is 0.324. The second kappa shape index (κ2) is 6.98. The fourth-order valence-electron chi connectivity index (χ4n) is 1.42. The molecule has 0 radical (unpaired) electrons. The number of thiophene rings is 1. The highest BCUT2D eigenvalue weighted by atomic mass is 32.1. The maximum Gasteiger partial charge on any atom is 0.0462 e. The van der Waals surface area contributed by atoms with Crippen molar-refractivity contribution in [2.45, 2.75) is 31.7 Å². The van der Waals surface area contributed by atoms with Gasteiger partial charge in [-0.05, 0) is 48.1 Å². The summed E-state index contributed by atoms with van der Waals surface area (Å²) in [5.41, 5.74) is 7.39. The van der Waals surface area contributed by atoms with Crippen LogP contribution >= 0.6 is 11.3 Å². The molecular weight excluding hydrogens is 194 g/mol. The smallest absolute Gasteiger partial charge is 0.0462 e. The van der Waals surface area contributed by atoms with E-state index in [2.05, 4.69) is 16.8 Å². The standard InChI is InChI=1S/C11H19NOS/c1-13-7-2-3-11(12)5-4-10-6-8-14-9-10/h6,8-9,11H,2-5,7,12H2,1H3. The first-order chi connectivity index (χ1) is 6.83. The molecule has 0 bridgehead atoms. The lowest BCUT2D eigenvalue weighted by molar-refractivity contribution is 0.190. The zero-order valence-corrected chi connectivity index (χ0v) is 9.56. The lowest BCUT2D eigenvalue weighted by Gasteiger charge is -2.09. The van der Waals surface area contributed by atoms with E-state index in [1.165, 1.54) is 5.56 Å². The van der Waals surface area contributed by atoms with Crippen molar-refractivity contribution in [3.05, 3.63) is 22.4 Å². The fraction of sp³-hybridized carbons (Fsp3) is 0.636. The number of hydrogen-bond acceptors (Lipinski definition) is 3. The van der Waals surface area contributed by atoms with Crippen LogP contribution in [0.15, 0.2) is 16.8 Å². The molecule has 0 aliphatic rings. The van der Waals surface area contributed by atoms with Crippen LogP contribution in [0.4, 0.5) is 0 Å². The average molecular weight is 213 g/mol. The Hall–Kier alpha value is -0.380. The third kappa shape index (κ3) is 4.74. The monoisotopic (exact) mass is 213 g/mol. The first-order valence-corrected chi connectivity index (χ1v) is 6.03. The maximum absolute atomic E-state index is 5.98. The first kappa shape index (κ1) is 11.7. The van der Waals surface area contributed by atoms with E-state index in [0.717, 1.165) is 32.3 Å². The zero-order valence-electron chi connectivity index (χ0n) is 8.74. The second-order valence-electron chi connectivity index (χ2n) is 3.57. The van der Waals surface area contributed by atoms with Crippen LogP contribution in [0.25, 0.3) is 0 Å². The molecule has 0 aromatic carbocycles. The lowest BCUT2D eigenvalue weighted by atomic mass is 10.0. The summed E-state index contributed by atoms with van der Waals surface area (Å²) in [5.74, 6) is 0. The van der Waals surface area contributed by atoms with Crippen molar-refractivity contribution < 1.29 is 4.74 Å². The Labute approximate surface area is 90.1 Å². The highest BCUT2D eigenvalue weighted by Gasteiger charge is 2.02. The van der Waals surface area contributed by atoms with Gasteiger partial charge in [0.1, 0.15) is 0 Å². The summed E-state index contributed by atoms with van der Waals surface area (Å²) in [6, 6.07) is 2.50. The van der Waals surface area contributed by atoms with Crippen LogP contribution in [-0.2, 0) is 11.2 Å². The van der Waals surface area contributed by atoms with Crippen molar-refractivity contribution in [1.29, 1.82) is 0 Å². The van der Waals surface area contributed by atoms with Crippen molar-refractivity contribution in [3.63, 3.8) is 0 Å². The van der Waals surface area contributed by atoms with Gasteiger partial charge in [0.2, 0.25) is 0 Å². The van der Waals surface area contributed by atoms with E-state index in [1.54, 1.807) is 18.4 Å². The summed E-state index contributed by atoms with van der Waals surface area (Å²) < 4.78 is 4.99. The van der Waals surface area contributed by atoms with E-state index < -0.39 is 0 Å². The van der Waals surface area contributed by atoms with Gasteiger partial charge in [-0.1, -0.05) is 0 Å². The summed E-state index contributed by atoms with van der Waals surface area (Å²) >= 11 is 1.75. The Morgan fingerprint density at radius 1 is 1.50 bits per heavy atom. The van der Waals surface area contributed by atoms with E-state index in [0.29, 0.717) is 6.04 Å². The third-order valence-electron chi connectivity index (χ3n) is 2.31. The molecule has 1 aromatic heterocycles. The number of methoxy groups -OCH3 is 1. The highest BCUT2D eigenvalue weighted by molar-refractivity contribution is 7.07. The molecule has 0 aliphatic carbocycles. The van der Waals surface area contributed by atoms with Gasteiger partial charge in [-0.25, -0.2) is 0 Å². The topological polar surface area (TPSA) is 35.2 Å². The number of nitrogens with two attached hydrogens (primary N) is 1. The zero-order chi connectivity index (χ0) is 10.2. The molecular formula is C11H19NOS. The Balaban J connectivity index is 2.06. The maximum atomic E-state index is 5.98.